The lowest BCUT2D eigenvalue weighted by atomic mass is 10.3. The standard InChI is InChI=1S/C8H9N3O2/c1-10-6(3-4-9)5-7(12)11(2)8(10)13/h5H,3H2,1-2H3. The van der Waals surface area contributed by atoms with Crippen molar-refractivity contribution in [1.82, 2.24) is 9.13 Å². The maximum atomic E-state index is 11.3. The predicted octanol–water partition coefficient (Wildman–Crippen LogP) is -0.850. The summed E-state index contributed by atoms with van der Waals surface area (Å²) in [7, 11) is 2.94. The highest BCUT2D eigenvalue weighted by atomic mass is 16.2. The van der Waals surface area contributed by atoms with Gasteiger partial charge in [0, 0.05) is 25.9 Å². The van der Waals surface area contributed by atoms with Crippen LogP contribution in [0.3, 0.4) is 0 Å². The van der Waals surface area contributed by atoms with Crippen molar-refractivity contribution in [1.29, 1.82) is 5.26 Å². The summed E-state index contributed by atoms with van der Waals surface area (Å²) >= 11 is 0. The predicted molar refractivity (Wildman–Crippen MR) is 46.2 cm³/mol. The molecule has 1 aromatic rings. The summed E-state index contributed by atoms with van der Waals surface area (Å²) in [6.07, 6.45) is 0.0713. The molecule has 0 aliphatic heterocycles. The van der Waals surface area contributed by atoms with E-state index in [2.05, 4.69) is 0 Å². The van der Waals surface area contributed by atoms with Crippen LogP contribution in [-0.2, 0) is 20.5 Å². The molecule has 0 radical (unpaired) electrons. The molecule has 0 saturated carbocycles. The number of hydrogen-bond acceptors (Lipinski definition) is 3. The Kier molecular flexibility index (Phi) is 2.33. The minimum atomic E-state index is -0.405. The molecule has 5 nitrogen and oxygen atoms in total. The van der Waals surface area contributed by atoms with Gasteiger partial charge in [-0.25, -0.2) is 4.79 Å². The van der Waals surface area contributed by atoms with Gasteiger partial charge in [0.1, 0.15) is 0 Å². The smallest absolute Gasteiger partial charge is 0.300 e. The van der Waals surface area contributed by atoms with Crippen molar-refractivity contribution >= 4 is 0 Å². The maximum Gasteiger partial charge on any atom is 0.330 e. The Hall–Kier alpha value is -1.83. The first kappa shape index (κ1) is 9.26. The lowest BCUT2D eigenvalue weighted by Crippen LogP contribution is -2.37. The molecule has 1 heterocycles. The summed E-state index contributed by atoms with van der Waals surface area (Å²) in [6.45, 7) is 0. The van der Waals surface area contributed by atoms with Gasteiger partial charge in [0.25, 0.3) is 5.56 Å². The molecule has 68 valence electrons. The maximum absolute atomic E-state index is 11.3. The highest BCUT2D eigenvalue weighted by Gasteiger charge is 2.04. The van der Waals surface area contributed by atoms with Crippen LogP contribution in [0.5, 0.6) is 0 Å². The van der Waals surface area contributed by atoms with Crippen LogP contribution in [0, 0.1) is 11.3 Å². The van der Waals surface area contributed by atoms with E-state index in [-0.39, 0.29) is 12.0 Å². The zero-order valence-corrected chi connectivity index (χ0v) is 7.44. The lowest BCUT2D eigenvalue weighted by molar-refractivity contribution is 0.660. The number of hydrogen-bond donors (Lipinski definition) is 0. The molecule has 1 aromatic heterocycles. The number of nitrogens with zero attached hydrogens (tertiary/aromatic N) is 3. The van der Waals surface area contributed by atoms with E-state index in [1.165, 1.54) is 24.7 Å². The highest BCUT2D eigenvalue weighted by Crippen LogP contribution is 1.89. The molecule has 5 heteroatoms. The molecule has 0 bridgehead atoms. The van der Waals surface area contributed by atoms with E-state index in [9.17, 15) is 9.59 Å². The number of aromatic nitrogens is 2. The van der Waals surface area contributed by atoms with Crippen molar-refractivity contribution in [3.8, 4) is 6.07 Å². The summed E-state index contributed by atoms with van der Waals surface area (Å²) in [5.41, 5.74) is -0.346. The first-order valence-corrected chi connectivity index (χ1v) is 3.71. The summed E-state index contributed by atoms with van der Waals surface area (Å²) in [4.78, 5) is 22.4. The Bertz CT molecular complexity index is 476. The van der Waals surface area contributed by atoms with E-state index in [1.807, 2.05) is 6.07 Å². The van der Waals surface area contributed by atoms with Gasteiger partial charge in [0.2, 0.25) is 0 Å². The van der Waals surface area contributed by atoms with Gasteiger partial charge in [-0.15, -0.1) is 0 Å². The van der Waals surface area contributed by atoms with Gasteiger partial charge in [-0.2, -0.15) is 5.26 Å². The SMILES string of the molecule is Cn1c(CC#N)cc(=O)n(C)c1=O. The molecular weight excluding hydrogens is 170 g/mol. The Labute approximate surface area is 74.5 Å². The van der Waals surface area contributed by atoms with E-state index in [4.69, 9.17) is 5.26 Å². The average Bonchev–Trinajstić information content (AvgIpc) is 2.11. The molecule has 0 aliphatic carbocycles. The second kappa shape index (κ2) is 3.27. The quantitative estimate of drug-likeness (QED) is 0.564. The van der Waals surface area contributed by atoms with Crippen molar-refractivity contribution in [2.24, 2.45) is 14.1 Å². The number of nitriles is 1. The second-order valence-corrected chi connectivity index (χ2v) is 2.71. The molecule has 0 aromatic carbocycles. The van der Waals surface area contributed by atoms with Gasteiger partial charge in [0.05, 0.1) is 12.5 Å². The molecule has 0 fully saturated rings. The fourth-order valence-electron chi connectivity index (χ4n) is 1.03. The lowest BCUT2D eigenvalue weighted by Gasteiger charge is -2.05. The van der Waals surface area contributed by atoms with Crippen molar-refractivity contribution in [2.45, 2.75) is 6.42 Å². The van der Waals surface area contributed by atoms with E-state index >= 15 is 0 Å². The minimum absolute atomic E-state index is 0.0713. The van der Waals surface area contributed by atoms with Crippen LogP contribution in [-0.4, -0.2) is 9.13 Å². The second-order valence-electron chi connectivity index (χ2n) is 2.71. The van der Waals surface area contributed by atoms with Crippen molar-refractivity contribution < 1.29 is 0 Å². The van der Waals surface area contributed by atoms with Gasteiger partial charge in [0.15, 0.2) is 0 Å². The molecule has 0 N–H and O–H groups in total. The van der Waals surface area contributed by atoms with Crippen molar-refractivity contribution in [2.75, 3.05) is 0 Å². The van der Waals surface area contributed by atoms with Crippen LogP contribution in [0.25, 0.3) is 0 Å². The largest absolute Gasteiger partial charge is 0.330 e. The van der Waals surface area contributed by atoms with Crippen molar-refractivity contribution in [3.63, 3.8) is 0 Å². The van der Waals surface area contributed by atoms with E-state index in [0.717, 1.165) is 4.57 Å². The van der Waals surface area contributed by atoms with Crippen LogP contribution in [0.15, 0.2) is 15.7 Å². The van der Waals surface area contributed by atoms with Crippen molar-refractivity contribution in [3.05, 3.63) is 32.6 Å². The van der Waals surface area contributed by atoms with E-state index in [1.54, 1.807) is 0 Å². The molecule has 0 spiro atoms. The molecule has 0 aliphatic rings. The summed E-state index contributed by atoms with van der Waals surface area (Å²) in [5, 5.41) is 8.42. The Balaban J connectivity index is 3.53. The molecule has 13 heavy (non-hydrogen) atoms. The van der Waals surface area contributed by atoms with Crippen LogP contribution >= 0.6 is 0 Å². The fraction of sp³-hybridized carbons (Fsp3) is 0.375. The molecule has 0 unspecified atom stereocenters. The Morgan fingerprint density at radius 3 is 2.54 bits per heavy atom. The third-order valence-electron chi connectivity index (χ3n) is 1.89. The third-order valence-corrected chi connectivity index (χ3v) is 1.89. The first-order chi connectivity index (χ1) is 6.07. The summed E-state index contributed by atoms with van der Waals surface area (Å²) < 4.78 is 2.30. The minimum Gasteiger partial charge on any atom is -0.300 e. The van der Waals surface area contributed by atoms with Gasteiger partial charge < -0.3 is 0 Å². The van der Waals surface area contributed by atoms with Gasteiger partial charge in [-0.1, -0.05) is 0 Å². The van der Waals surface area contributed by atoms with E-state index in [0.29, 0.717) is 5.69 Å². The van der Waals surface area contributed by atoms with E-state index < -0.39 is 5.69 Å². The average molecular weight is 179 g/mol. The summed E-state index contributed by atoms with van der Waals surface area (Å²) in [5.74, 6) is 0. The van der Waals surface area contributed by atoms with Crippen LogP contribution in [0.1, 0.15) is 5.69 Å². The molecule has 0 saturated heterocycles. The molecule has 1 rings (SSSR count). The number of rotatable bonds is 1. The normalized spacial score (nSPS) is 9.62. The Morgan fingerprint density at radius 1 is 1.38 bits per heavy atom. The van der Waals surface area contributed by atoms with Crippen LogP contribution in [0.2, 0.25) is 0 Å². The topological polar surface area (TPSA) is 67.8 Å². The molecule has 0 amide bonds. The Morgan fingerprint density at radius 2 is 2.00 bits per heavy atom. The fourth-order valence-corrected chi connectivity index (χ4v) is 1.03. The van der Waals surface area contributed by atoms with Crippen LogP contribution < -0.4 is 11.2 Å². The first-order valence-electron chi connectivity index (χ1n) is 3.71. The highest BCUT2D eigenvalue weighted by molar-refractivity contribution is 5.07. The van der Waals surface area contributed by atoms with Gasteiger partial charge >= 0.3 is 5.69 Å². The summed E-state index contributed by atoms with van der Waals surface area (Å²) in [6, 6.07) is 3.19. The molecule has 0 atom stereocenters. The molecular formula is C8H9N3O2. The zero-order chi connectivity index (χ0) is 10.0. The van der Waals surface area contributed by atoms with Crippen LogP contribution in [0.4, 0.5) is 0 Å². The third kappa shape index (κ3) is 1.51. The zero-order valence-electron chi connectivity index (χ0n) is 7.44. The van der Waals surface area contributed by atoms with Gasteiger partial charge in [-0.05, 0) is 0 Å². The van der Waals surface area contributed by atoms with Gasteiger partial charge in [-0.3, -0.25) is 13.9 Å². The monoisotopic (exact) mass is 179 g/mol.